The third-order valence-corrected chi connectivity index (χ3v) is 6.34. The topological polar surface area (TPSA) is 28.7 Å². The van der Waals surface area contributed by atoms with Gasteiger partial charge in [-0.15, -0.1) is 0 Å². The van der Waals surface area contributed by atoms with Crippen molar-refractivity contribution in [2.45, 2.75) is 0 Å². The molecule has 0 radical (unpaired) electrons. The molecule has 31 heavy (non-hydrogen) atoms. The van der Waals surface area contributed by atoms with Crippen molar-refractivity contribution < 1.29 is 0 Å². The van der Waals surface area contributed by atoms with E-state index in [1.54, 1.807) is 6.07 Å². The van der Waals surface area contributed by atoms with Crippen molar-refractivity contribution in [3.8, 4) is 22.5 Å². The van der Waals surface area contributed by atoms with Crippen LogP contribution in [-0.2, 0) is 0 Å². The average Bonchev–Trinajstić information content (AvgIpc) is 3.27. The summed E-state index contributed by atoms with van der Waals surface area (Å²) < 4.78 is 0. The lowest BCUT2D eigenvalue weighted by Crippen LogP contribution is -1.88. The molecular formula is C27H16Cl2N2. The smallest absolute Gasteiger partial charge is 0.139 e. The maximum atomic E-state index is 6.54. The van der Waals surface area contributed by atoms with Gasteiger partial charge in [-0.3, -0.25) is 0 Å². The van der Waals surface area contributed by atoms with Gasteiger partial charge in [-0.05, 0) is 34.5 Å². The lowest BCUT2D eigenvalue weighted by Gasteiger charge is -2.10. The molecule has 0 aliphatic carbocycles. The molecule has 1 aromatic heterocycles. The second-order valence-corrected chi connectivity index (χ2v) is 8.41. The Hall–Kier alpha value is -3.33. The molecule has 1 N–H and O–H groups in total. The lowest BCUT2D eigenvalue weighted by molar-refractivity contribution is 1.34. The number of rotatable bonds is 2. The second kappa shape index (κ2) is 7.12. The molecule has 148 valence electrons. The molecule has 0 saturated heterocycles. The number of benzene rings is 5. The van der Waals surface area contributed by atoms with Gasteiger partial charge < -0.3 is 4.98 Å². The van der Waals surface area contributed by atoms with Crippen molar-refractivity contribution in [2.75, 3.05) is 0 Å². The normalized spacial score (nSPS) is 11.5. The molecule has 0 aliphatic rings. The standard InChI is InChI=1S/C27H16Cl2N2/c28-16-13-14-24(29)23(15-16)19-9-3-6-12-22(19)27-30-25-20-10-4-1-7-17(20)18-8-2-5-11-21(18)26(25)31-27/h1-15H,(H,30,31). The number of imidazole rings is 1. The van der Waals surface area contributed by atoms with Gasteiger partial charge >= 0.3 is 0 Å². The first-order valence-electron chi connectivity index (χ1n) is 10.0. The summed E-state index contributed by atoms with van der Waals surface area (Å²) in [7, 11) is 0. The first kappa shape index (κ1) is 18.4. The van der Waals surface area contributed by atoms with Crippen LogP contribution in [0.15, 0.2) is 91.0 Å². The van der Waals surface area contributed by atoms with E-state index in [9.17, 15) is 0 Å². The van der Waals surface area contributed by atoms with Crippen LogP contribution >= 0.6 is 23.2 Å². The van der Waals surface area contributed by atoms with Crippen LogP contribution in [0.25, 0.3) is 55.1 Å². The first-order valence-corrected chi connectivity index (χ1v) is 10.8. The number of aromatic amines is 1. The van der Waals surface area contributed by atoms with E-state index < -0.39 is 0 Å². The number of nitrogens with zero attached hydrogens (tertiary/aromatic N) is 1. The summed E-state index contributed by atoms with van der Waals surface area (Å²) in [5.74, 6) is 0.808. The fraction of sp³-hybridized carbons (Fsp3) is 0. The minimum Gasteiger partial charge on any atom is -0.337 e. The van der Waals surface area contributed by atoms with Crippen LogP contribution in [0.5, 0.6) is 0 Å². The van der Waals surface area contributed by atoms with Crippen molar-refractivity contribution in [3.63, 3.8) is 0 Å². The van der Waals surface area contributed by atoms with Crippen LogP contribution in [0.3, 0.4) is 0 Å². The molecule has 0 saturated carbocycles. The summed E-state index contributed by atoms with van der Waals surface area (Å²) >= 11 is 12.8. The Balaban J connectivity index is 1.69. The number of nitrogens with one attached hydrogen (secondary N) is 1. The number of aromatic nitrogens is 2. The van der Waals surface area contributed by atoms with E-state index in [-0.39, 0.29) is 0 Å². The number of hydrogen-bond donors (Lipinski definition) is 1. The largest absolute Gasteiger partial charge is 0.337 e. The van der Waals surface area contributed by atoms with Crippen molar-refractivity contribution in [2.24, 2.45) is 0 Å². The summed E-state index contributed by atoms with van der Waals surface area (Å²) in [6.45, 7) is 0. The zero-order chi connectivity index (χ0) is 20.9. The van der Waals surface area contributed by atoms with Crippen LogP contribution in [0.2, 0.25) is 10.0 Å². The molecule has 2 nitrogen and oxygen atoms in total. The number of halogens is 2. The molecule has 0 bridgehead atoms. The molecule has 4 heteroatoms. The maximum absolute atomic E-state index is 6.54. The quantitative estimate of drug-likeness (QED) is 0.269. The number of H-pyrrole nitrogens is 1. The molecule has 0 fully saturated rings. The minimum absolute atomic E-state index is 0.649. The van der Waals surface area contributed by atoms with Gasteiger partial charge in [-0.2, -0.15) is 0 Å². The van der Waals surface area contributed by atoms with E-state index in [1.807, 2.05) is 24.3 Å². The Morgan fingerprint density at radius 1 is 0.581 bits per heavy atom. The van der Waals surface area contributed by atoms with Crippen molar-refractivity contribution in [1.29, 1.82) is 0 Å². The van der Waals surface area contributed by atoms with Gasteiger partial charge in [0.05, 0.1) is 11.0 Å². The summed E-state index contributed by atoms with van der Waals surface area (Å²) in [6.07, 6.45) is 0. The Bertz CT molecular complexity index is 1540. The molecule has 1 heterocycles. The van der Waals surface area contributed by atoms with E-state index in [2.05, 4.69) is 65.6 Å². The average molecular weight is 439 g/mol. The van der Waals surface area contributed by atoms with Crippen LogP contribution < -0.4 is 0 Å². The molecule has 6 rings (SSSR count). The third kappa shape index (κ3) is 2.91. The van der Waals surface area contributed by atoms with Gasteiger partial charge in [0, 0.05) is 31.9 Å². The summed E-state index contributed by atoms with van der Waals surface area (Å²) in [6, 6.07) is 30.5. The predicted octanol–water partition coefficient (Wildman–Crippen LogP) is 8.51. The highest BCUT2D eigenvalue weighted by molar-refractivity contribution is 6.35. The van der Waals surface area contributed by atoms with E-state index >= 15 is 0 Å². The highest BCUT2D eigenvalue weighted by Crippen LogP contribution is 2.39. The summed E-state index contributed by atoms with van der Waals surface area (Å²) in [5.41, 5.74) is 4.87. The highest BCUT2D eigenvalue weighted by Gasteiger charge is 2.17. The highest BCUT2D eigenvalue weighted by atomic mass is 35.5. The SMILES string of the molecule is Clc1ccc(Cl)c(-c2ccccc2-c2nc3c4ccccc4c4ccccc4c3[nH]2)c1. The van der Waals surface area contributed by atoms with Crippen molar-refractivity contribution >= 4 is 55.8 Å². The number of hydrogen-bond acceptors (Lipinski definition) is 1. The zero-order valence-corrected chi connectivity index (χ0v) is 17.9. The Morgan fingerprint density at radius 2 is 1.19 bits per heavy atom. The molecule has 5 aromatic carbocycles. The maximum Gasteiger partial charge on any atom is 0.139 e. The molecule has 0 spiro atoms. The van der Waals surface area contributed by atoms with Gasteiger partial charge in [0.1, 0.15) is 5.82 Å². The van der Waals surface area contributed by atoms with E-state index in [4.69, 9.17) is 28.2 Å². The molecule has 6 aromatic rings. The number of fused-ring (bicyclic) bond motifs is 6. The second-order valence-electron chi connectivity index (χ2n) is 7.57. The fourth-order valence-corrected chi connectivity index (χ4v) is 4.77. The zero-order valence-electron chi connectivity index (χ0n) is 16.4. The minimum atomic E-state index is 0.649. The van der Waals surface area contributed by atoms with Gasteiger partial charge in [-0.1, -0.05) is 96.0 Å². The van der Waals surface area contributed by atoms with Crippen LogP contribution in [0.1, 0.15) is 0 Å². The van der Waals surface area contributed by atoms with E-state index in [0.717, 1.165) is 44.3 Å². The third-order valence-electron chi connectivity index (χ3n) is 5.77. The van der Waals surface area contributed by atoms with Gasteiger partial charge in [-0.25, -0.2) is 4.98 Å². The molecular weight excluding hydrogens is 423 g/mol. The molecule has 0 unspecified atom stereocenters. The Labute approximate surface area is 189 Å². The summed E-state index contributed by atoms with van der Waals surface area (Å²) in [5, 5.41) is 6.02. The monoisotopic (exact) mass is 438 g/mol. The lowest BCUT2D eigenvalue weighted by atomic mass is 9.99. The van der Waals surface area contributed by atoms with E-state index in [1.165, 1.54) is 10.8 Å². The van der Waals surface area contributed by atoms with Crippen molar-refractivity contribution in [1.82, 2.24) is 9.97 Å². The molecule has 0 aliphatic heterocycles. The van der Waals surface area contributed by atoms with Gasteiger partial charge in [0.15, 0.2) is 0 Å². The Morgan fingerprint density at radius 3 is 1.97 bits per heavy atom. The molecule has 0 atom stereocenters. The van der Waals surface area contributed by atoms with Gasteiger partial charge in [0.2, 0.25) is 0 Å². The fourth-order valence-electron chi connectivity index (χ4n) is 4.38. The predicted molar refractivity (Wildman–Crippen MR) is 132 cm³/mol. The summed E-state index contributed by atoms with van der Waals surface area (Å²) in [4.78, 5) is 8.67. The first-order chi connectivity index (χ1) is 15.2. The van der Waals surface area contributed by atoms with Crippen molar-refractivity contribution in [3.05, 3.63) is 101 Å². The van der Waals surface area contributed by atoms with Crippen LogP contribution in [-0.4, -0.2) is 9.97 Å². The van der Waals surface area contributed by atoms with Crippen LogP contribution in [0.4, 0.5) is 0 Å². The Kier molecular flexibility index (Phi) is 4.24. The molecule has 0 amide bonds. The van der Waals surface area contributed by atoms with Crippen LogP contribution in [0, 0.1) is 0 Å². The van der Waals surface area contributed by atoms with Gasteiger partial charge in [0.25, 0.3) is 0 Å². The van der Waals surface area contributed by atoms with E-state index in [0.29, 0.717) is 10.0 Å².